The van der Waals surface area contributed by atoms with Crippen LogP contribution in [-0.4, -0.2) is 43.5 Å². The van der Waals surface area contributed by atoms with Gasteiger partial charge in [0, 0.05) is 38.3 Å². The van der Waals surface area contributed by atoms with Crippen molar-refractivity contribution in [3.63, 3.8) is 0 Å². The van der Waals surface area contributed by atoms with Crippen molar-refractivity contribution in [2.45, 2.75) is 39.0 Å². The number of carbonyl (C=O) groups excluding carboxylic acids is 1. The smallest absolute Gasteiger partial charge is 0.222 e. The number of carbonyl (C=O) groups is 1. The van der Waals surface area contributed by atoms with Crippen molar-refractivity contribution in [1.82, 2.24) is 4.90 Å². The molecular weight excluding hydrogens is 260 g/mol. The molecule has 1 unspecified atom stereocenters. The first-order valence-electron chi connectivity index (χ1n) is 8.40. The highest BCUT2D eigenvalue weighted by Crippen LogP contribution is 2.19. The predicted octanol–water partition coefficient (Wildman–Crippen LogP) is 1.71. The van der Waals surface area contributed by atoms with Crippen LogP contribution >= 0.6 is 0 Å². The molecule has 21 heavy (non-hydrogen) atoms. The molecule has 0 aromatic heterocycles. The third-order valence-corrected chi connectivity index (χ3v) is 4.69. The molecular formula is C18H29N2O+. The molecule has 1 aromatic rings. The summed E-state index contributed by atoms with van der Waals surface area (Å²) in [6, 6.07) is 10.9. The summed E-state index contributed by atoms with van der Waals surface area (Å²) in [5.41, 5.74) is 1.48. The quantitative estimate of drug-likeness (QED) is 0.812. The van der Waals surface area contributed by atoms with Gasteiger partial charge in [0.15, 0.2) is 0 Å². The summed E-state index contributed by atoms with van der Waals surface area (Å²) in [7, 11) is 0. The van der Waals surface area contributed by atoms with Crippen molar-refractivity contribution in [3.05, 3.63) is 35.9 Å². The van der Waals surface area contributed by atoms with Crippen LogP contribution in [0.3, 0.4) is 0 Å². The van der Waals surface area contributed by atoms with Crippen LogP contribution in [-0.2, 0) is 4.79 Å². The fourth-order valence-corrected chi connectivity index (χ4v) is 3.39. The lowest BCUT2D eigenvalue weighted by Gasteiger charge is -2.19. The molecule has 1 amide bonds. The number of benzene rings is 1. The Balaban J connectivity index is 1.70. The Morgan fingerprint density at radius 3 is 2.62 bits per heavy atom. The number of hydrogen-bond acceptors (Lipinski definition) is 1. The zero-order valence-corrected chi connectivity index (χ0v) is 13.5. The molecule has 1 aliphatic rings. The van der Waals surface area contributed by atoms with E-state index in [-0.39, 0.29) is 0 Å². The highest BCUT2D eigenvalue weighted by atomic mass is 16.2. The molecule has 1 fully saturated rings. The number of quaternary nitrogens is 1. The summed E-state index contributed by atoms with van der Waals surface area (Å²) >= 11 is 0. The summed E-state index contributed by atoms with van der Waals surface area (Å²) in [6.45, 7) is 9.39. The normalized spacial score (nSPS) is 21.4. The van der Waals surface area contributed by atoms with Gasteiger partial charge in [-0.15, -0.1) is 0 Å². The van der Waals surface area contributed by atoms with E-state index in [1.807, 2.05) is 4.90 Å². The average molecular weight is 289 g/mol. The van der Waals surface area contributed by atoms with E-state index in [1.54, 1.807) is 4.90 Å². The van der Waals surface area contributed by atoms with Gasteiger partial charge in [-0.2, -0.15) is 0 Å². The minimum absolute atomic E-state index is 0.318. The Morgan fingerprint density at radius 1 is 1.24 bits per heavy atom. The molecule has 116 valence electrons. The second kappa shape index (κ2) is 8.18. The maximum atomic E-state index is 12.0. The van der Waals surface area contributed by atoms with Crippen LogP contribution in [0.2, 0.25) is 0 Å². The zero-order chi connectivity index (χ0) is 15.1. The molecule has 1 N–H and O–H groups in total. The number of amides is 1. The van der Waals surface area contributed by atoms with E-state index in [1.165, 1.54) is 25.1 Å². The van der Waals surface area contributed by atoms with Crippen molar-refractivity contribution in [1.29, 1.82) is 0 Å². The molecule has 1 aromatic carbocycles. The third-order valence-electron chi connectivity index (χ3n) is 4.69. The topological polar surface area (TPSA) is 24.8 Å². The number of nitrogens with zero attached hydrogens (tertiary/aromatic N) is 1. The number of hydrogen-bond donors (Lipinski definition) is 1. The van der Waals surface area contributed by atoms with E-state index in [2.05, 4.69) is 44.2 Å². The van der Waals surface area contributed by atoms with Crippen LogP contribution in [0.25, 0.3) is 0 Å². The highest BCUT2D eigenvalue weighted by Gasteiger charge is 2.26. The van der Waals surface area contributed by atoms with Crippen molar-refractivity contribution >= 4 is 5.91 Å². The summed E-state index contributed by atoms with van der Waals surface area (Å²) in [5, 5.41) is 0. The van der Waals surface area contributed by atoms with E-state index in [4.69, 9.17) is 0 Å². The highest BCUT2D eigenvalue weighted by molar-refractivity contribution is 5.76. The Kier molecular flexibility index (Phi) is 6.24. The summed E-state index contributed by atoms with van der Waals surface area (Å²) in [5.74, 6) is 1.03. The lowest BCUT2D eigenvalue weighted by atomic mass is 9.99. The zero-order valence-electron chi connectivity index (χ0n) is 13.5. The van der Waals surface area contributed by atoms with Crippen LogP contribution < -0.4 is 4.90 Å². The molecule has 0 saturated carbocycles. The molecule has 3 nitrogen and oxygen atoms in total. The van der Waals surface area contributed by atoms with Gasteiger partial charge >= 0.3 is 0 Å². The summed E-state index contributed by atoms with van der Waals surface area (Å²) in [6.07, 6.45) is 3.01. The van der Waals surface area contributed by atoms with Gasteiger partial charge in [0.25, 0.3) is 0 Å². The Bertz CT molecular complexity index is 428. The summed E-state index contributed by atoms with van der Waals surface area (Å²) < 4.78 is 0. The standard InChI is InChI=1S/C18H28N2O/c1-3-20(4-2)18(21)11-8-13-19-14-12-17(15-19)16-9-6-5-7-10-16/h5-7,9-10,17H,3-4,8,11-15H2,1-2H3/p+1/t17-/m1/s1. The van der Waals surface area contributed by atoms with Crippen molar-refractivity contribution < 1.29 is 9.69 Å². The Hall–Kier alpha value is -1.35. The van der Waals surface area contributed by atoms with E-state index in [0.29, 0.717) is 18.2 Å². The van der Waals surface area contributed by atoms with E-state index < -0.39 is 0 Å². The first-order chi connectivity index (χ1) is 10.2. The summed E-state index contributed by atoms with van der Waals surface area (Å²) in [4.78, 5) is 15.6. The molecule has 1 heterocycles. The first-order valence-corrected chi connectivity index (χ1v) is 8.40. The molecule has 0 radical (unpaired) electrons. The second-order valence-corrected chi connectivity index (χ2v) is 6.02. The molecule has 2 atom stereocenters. The van der Waals surface area contributed by atoms with Crippen LogP contribution in [0.4, 0.5) is 0 Å². The minimum Gasteiger partial charge on any atom is -0.343 e. The van der Waals surface area contributed by atoms with Gasteiger partial charge < -0.3 is 9.80 Å². The van der Waals surface area contributed by atoms with Crippen LogP contribution in [0.5, 0.6) is 0 Å². The van der Waals surface area contributed by atoms with Crippen molar-refractivity contribution in [2.75, 3.05) is 32.7 Å². The Labute approximate surface area is 128 Å². The molecule has 0 bridgehead atoms. The fourth-order valence-electron chi connectivity index (χ4n) is 3.39. The van der Waals surface area contributed by atoms with Crippen molar-refractivity contribution in [3.8, 4) is 0 Å². The molecule has 2 rings (SSSR count). The second-order valence-electron chi connectivity index (χ2n) is 6.02. The monoisotopic (exact) mass is 289 g/mol. The molecule has 0 aliphatic carbocycles. The molecule has 1 saturated heterocycles. The average Bonchev–Trinajstić information content (AvgIpc) is 2.98. The van der Waals surface area contributed by atoms with E-state index in [9.17, 15) is 4.79 Å². The third kappa shape index (κ3) is 4.57. The van der Waals surface area contributed by atoms with Gasteiger partial charge in [-0.25, -0.2) is 0 Å². The maximum Gasteiger partial charge on any atom is 0.222 e. The van der Waals surface area contributed by atoms with Gasteiger partial charge in [0.2, 0.25) is 5.91 Å². The first kappa shape index (κ1) is 16.0. The molecule has 0 spiro atoms. The lowest BCUT2D eigenvalue weighted by molar-refractivity contribution is -0.888. The number of nitrogens with one attached hydrogen (secondary N) is 1. The van der Waals surface area contributed by atoms with Gasteiger partial charge in [0.05, 0.1) is 19.6 Å². The number of likely N-dealkylation sites (tertiary alicyclic amines) is 1. The fraction of sp³-hybridized carbons (Fsp3) is 0.611. The van der Waals surface area contributed by atoms with Crippen LogP contribution in [0.1, 0.15) is 44.6 Å². The van der Waals surface area contributed by atoms with E-state index in [0.717, 1.165) is 26.1 Å². The predicted molar refractivity (Wildman–Crippen MR) is 86.5 cm³/mol. The van der Waals surface area contributed by atoms with Crippen LogP contribution in [0, 0.1) is 0 Å². The van der Waals surface area contributed by atoms with Gasteiger partial charge in [0.1, 0.15) is 0 Å². The maximum absolute atomic E-state index is 12.0. The van der Waals surface area contributed by atoms with Crippen LogP contribution in [0.15, 0.2) is 30.3 Å². The lowest BCUT2D eigenvalue weighted by Crippen LogP contribution is -3.10. The van der Waals surface area contributed by atoms with Gasteiger partial charge in [-0.1, -0.05) is 30.3 Å². The minimum atomic E-state index is 0.318. The molecule has 3 heteroatoms. The largest absolute Gasteiger partial charge is 0.343 e. The van der Waals surface area contributed by atoms with Gasteiger partial charge in [-0.3, -0.25) is 4.79 Å². The van der Waals surface area contributed by atoms with Crippen molar-refractivity contribution in [2.24, 2.45) is 0 Å². The molecule has 1 aliphatic heterocycles. The SMILES string of the molecule is CCN(CC)C(=O)CCC[NH+]1CC[C@@H](c2ccccc2)C1. The Morgan fingerprint density at radius 2 is 1.95 bits per heavy atom. The van der Waals surface area contributed by atoms with E-state index >= 15 is 0 Å². The number of rotatable bonds is 7. The van der Waals surface area contributed by atoms with Gasteiger partial charge in [-0.05, 0) is 19.4 Å².